The minimum atomic E-state index is -1.24. The highest BCUT2D eigenvalue weighted by Gasteiger charge is 2.12. The number of rotatable bonds is 1. The Labute approximate surface area is 106 Å². The lowest BCUT2D eigenvalue weighted by atomic mass is 9.99. The van der Waals surface area contributed by atoms with Gasteiger partial charge in [-0.15, -0.1) is 0 Å². The summed E-state index contributed by atoms with van der Waals surface area (Å²) in [5.74, 6) is -2.29. The van der Waals surface area contributed by atoms with Crippen molar-refractivity contribution >= 4 is 27.5 Å². The summed E-state index contributed by atoms with van der Waals surface area (Å²) in [7, 11) is 0. The van der Waals surface area contributed by atoms with Crippen LogP contribution in [-0.2, 0) is 0 Å². The summed E-state index contributed by atoms with van der Waals surface area (Å²) in [6.45, 7) is 0. The Morgan fingerprint density at radius 2 is 1.74 bits per heavy atom. The van der Waals surface area contributed by atoms with E-state index >= 15 is 0 Å². The molecule has 2 nitrogen and oxygen atoms in total. The molecule has 19 heavy (non-hydrogen) atoms. The number of fused-ring (bicyclic) bond motifs is 2. The largest absolute Gasteiger partial charge is 0.478 e. The van der Waals surface area contributed by atoms with Crippen LogP contribution < -0.4 is 0 Å². The van der Waals surface area contributed by atoms with Gasteiger partial charge in [-0.3, -0.25) is 0 Å². The van der Waals surface area contributed by atoms with Crippen LogP contribution in [0, 0.1) is 11.6 Å². The molecule has 94 valence electrons. The molecule has 1 N–H and O–H groups in total. The van der Waals surface area contributed by atoms with E-state index in [9.17, 15) is 13.6 Å². The van der Waals surface area contributed by atoms with Gasteiger partial charge in [-0.05, 0) is 46.5 Å². The monoisotopic (exact) mass is 258 g/mol. The van der Waals surface area contributed by atoms with E-state index in [0.29, 0.717) is 21.5 Å². The molecule has 0 heterocycles. The van der Waals surface area contributed by atoms with E-state index < -0.39 is 17.6 Å². The Bertz CT molecular complexity index is 825. The molecule has 0 fully saturated rings. The summed E-state index contributed by atoms with van der Waals surface area (Å²) in [5.41, 5.74) is -0.167. The van der Waals surface area contributed by atoms with Crippen LogP contribution in [0.15, 0.2) is 42.5 Å². The molecular weight excluding hydrogens is 250 g/mol. The Morgan fingerprint density at radius 1 is 0.947 bits per heavy atom. The Hall–Kier alpha value is -2.49. The van der Waals surface area contributed by atoms with Gasteiger partial charge >= 0.3 is 5.97 Å². The molecule has 0 aliphatic rings. The van der Waals surface area contributed by atoms with E-state index in [1.54, 1.807) is 18.2 Å². The van der Waals surface area contributed by atoms with E-state index in [-0.39, 0.29) is 5.56 Å². The fourth-order valence-electron chi connectivity index (χ4n) is 2.24. The molecule has 0 amide bonds. The van der Waals surface area contributed by atoms with Crippen LogP contribution in [-0.4, -0.2) is 11.1 Å². The topological polar surface area (TPSA) is 37.3 Å². The molecule has 0 radical (unpaired) electrons. The number of carboxylic acids is 1. The molecule has 3 aromatic rings. The quantitative estimate of drug-likeness (QED) is 0.670. The van der Waals surface area contributed by atoms with Gasteiger partial charge in [-0.1, -0.05) is 12.1 Å². The van der Waals surface area contributed by atoms with E-state index in [0.717, 1.165) is 6.07 Å². The van der Waals surface area contributed by atoms with Crippen LogP contribution in [0.4, 0.5) is 8.78 Å². The summed E-state index contributed by atoms with van der Waals surface area (Å²) < 4.78 is 27.1. The molecule has 0 bridgehead atoms. The van der Waals surface area contributed by atoms with Gasteiger partial charge in [0.15, 0.2) is 0 Å². The van der Waals surface area contributed by atoms with E-state index in [1.165, 1.54) is 18.2 Å². The van der Waals surface area contributed by atoms with E-state index in [1.807, 2.05) is 0 Å². The van der Waals surface area contributed by atoms with Crippen molar-refractivity contribution in [3.05, 3.63) is 59.7 Å². The molecule has 0 saturated carbocycles. The molecule has 0 saturated heterocycles. The van der Waals surface area contributed by atoms with E-state index in [4.69, 9.17) is 5.11 Å². The van der Waals surface area contributed by atoms with Crippen molar-refractivity contribution in [3.8, 4) is 0 Å². The number of hydrogen-bond acceptors (Lipinski definition) is 1. The summed E-state index contributed by atoms with van der Waals surface area (Å²) >= 11 is 0. The molecule has 4 heteroatoms. The zero-order valence-electron chi connectivity index (χ0n) is 9.65. The summed E-state index contributed by atoms with van der Waals surface area (Å²) in [6, 6.07) is 9.78. The third kappa shape index (κ3) is 1.81. The minimum Gasteiger partial charge on any atom is -0.478 e. The number of hydrogen-bond donors (Lipinski definition) is 1. The fourth-order valence-corrected chi connectivity index (χ4v) is 2.24. The summed E-state index contributed by atoms with van der Waals surface area (Å²) in [5, 5.41) is 10.8. The number of carboxylic acid groups (broad SMARTS) is 1. The molecule has 0 aliphatic carbocycles. The van der Waals surface area contributed by atoms with Crippen LogP contribution >= 0.6 is 0 Å². The second-order valence-electron chi connectivity index (χ2n) is 4.29. The molecule has 0 spiro atoms. The predicted octanol–water partition coefficient (Wildman–Crippen LogP) is 3.97. The lowest BCUT2D eigenvalue weighted by molar-refractivity contribution is 0.0698. The van der Waals surface area contributed by atoms with Crippen molar-refractivity contribution in [2.24, 2.45) is 0 Å². The van der Waals surface area contributed by atoms with Crippen molar-refractivity contribution in [2.75, 3.05) is 0 Å². The van der Waals surface area contributed by atoms with Crippen molar-refractivity contribution in [1.82, 2.24) is 0 Å². The predicted molar refractivity (Wildman–Crippen MR) is 68.3 cm³/mol. The second kappa shape index (κ2) is 4.02. The number of benzene rings is 3. The first-order chi connectivity index (χ1) is 9.06. The smallest absolute Gasteiger partial charge is 0.336 e. The minimum absolute atomic E-state index is 0.167. The van der Waals surface area contributed by atoms with E-state index in [2.05, 4.69) is 0 Å². The molecule has 3 rings (SSSR count). The van der Waals surface area contributed by atoms with Gasteiger partial charge in [-0.2, -0.15) is 0 Å². The van der Waals surface area contributed by atoms with Crippen LogP contribution in [0.1, 0.15) is 10.4 Å². The average Bonchev–Trinajstić information content (AvgIpc) is 2.36. The molecule has 0 atom stereocenters. The Balaban J connectivity index is 2.51. The van der Waals surface area contributed by atoms with Crippen LogP contribution in [0.25, 0.3) is 21.5 Å². The average molecular weight is 258 g/mol. The van der Waals surface area contributed by atoms with Gasteiger partial charge in [0.25, 0.3) is 0 Å². The van der Waals surface area contributed by atoms with Crippen LogP contribution in [0.2, 0.25) is 0 Å². The Kier molecular flexibility index (Phi) is 2.45. The SMILES string of the molecule is O=C(O)c1cc(F)cc2cc3cccc(F)c3cc12. The van der Waals surface area contributed by atoms with Crippen molar-refractivity contribution in [2.45, 2.75) is 0 Å². The van der Waals surface area contributed by atoms with Gasteiger partial charge in [0.2, 0.25) is 0 Å². The van der Waals surface area contributed by atoms with Gasteiger partial charge in [0.05, 0.1) is 5.56 Å². The molecule has 3 aromatic carbocycles. The zero-order chi connectivity index (χ0) is 13.6. The first-order valence-electron chi connectivity index (χ1n) is 5.61. The standard InChI is InChI=1S/C15H8F2O2/c16-10-5-9-4-8-2-1-3-14(17)12(8)7-11(9)13(6-10)15(18)19/h1-7H,(H,18,19). The number of carbonyl (C=O) groups is 1. The third-order valence-corrected chi connectivity index (χ3v) is 3.09. The van der Waals surface area contributed by atoms with Gasteiger partial charge in [0.1, 0.15) is 11.6 Å². The van der Waals surface area contributed by atoms with Crippen molar-refractivity contribution in [1.29, 1.82) is 0 Å². The normalized spacial score (nSPS) is 11.1. The maximum Gasteiger partial charge on any atom is 0.336 e. The van der Waals surface area contributed by atoms with Gasteiger partial charge < -0.3 is 5.11 Å². The van der Waals surface area contributed by atoms with Crippen molar-refractivity contribution in [3.63, 3.8) is 0 Å². The first kappa shape index (κ1) is 11.6. The maximum absolute atomic E-state index is 13.7. The first-order valence-corrected chi connectivity index (χ1v) is 5.61. The lowest BCUT2D eigenvalue weighted by Crippen LogP contribution is -1.99. The van der Waals surface area contributed by atoms with Crippen molar-refractivity contribution < 1.29 is 18.7 Å². The van der Waals surface area contributed by atoms with Gasteiger partial charge in [-0.25, -0.2) is 13.6 Å². The number of aromatic carboxylic acids is 1. The highest BCUT2D eigenvalue weighted by molar-refractivity contribution is 6.08. The lowest BCUT2D eigenvalue weighted by Gasteiger charge is -2.06. The highest BCUT2D eigenvalue weighted by atomic mass is 19.1. The Morgan fingerprint density at radius 3 is 2.47 bits per heavy atom. The zero-order valence-corrected chi connectivity index (χ0v) is 9.65. The number of halogens is 2. The highest BCUT2D eigenvalue weighted by Crippen LogP contribution is 2.28. The van der Waals surface area contributed by atoms with Crippen LogP contribution in [0.5, 0.6) is 0 Å². The van der Waals surface area contributed by atoms with Crippen LogP contribution in [0.3, 0.4) is 0 Å². The molecule has 0 unspecified atom stereocenters. The second-order valence-corrected chi connectivity index (χ2v) is 4.29. The molecule has 0 aromatic heterocycles. The third-order valence-electron chi connectivity index (χ3n) is 3.09. The fraction of sp³-hybridized carbons (Fsp3) is 0. The summed E-state index contributed by atoms with van der Waals surface area (Å²) in [4.78, 5) is 11.1. The molecular formula is C15H8F2O2. The van der Waals surface area contributed by atoms with Gasteiger partial charge in [0, 0.05) is 5.39 Å². The molecule has 0 aliphatic heterocycles. The maximum atomic E-state index is 13.7. The summed E-state index contributed by atoms with van der Waals surface area (Å²) in [6.07, 6.45) is 0.